The number of carbonyl (C=O) groups is 1. The summed E-state index contributed by atoms with van der Waals surface area (Å²) in [6.07, 6.45) is -0.372. The van der Waals surface area contributed by atoms with E-state index in [0.717, 1.165) is 0 Å². The monoisotopic (exact) mass is 320 g/mol. The lowest BCUT2D eigenvalue weighted by atomic mass is 10.3. The molecule has 114 valence electrons. The number of esters is 1. The maximum absolute atomic E-state index is 11.0. The molecule has 0 aromatic rings. The van der Waals surface area contributed by atoms with Crippen LogP contribution in [0.4, 0.5) is 0 Å². The second kappa shape index (κ2) is 11.3. The van der Waals surface area contributed by atoms with Gasteiger partial charge in [-0.3, -0.25) is 9.13 Å². The van der Waals surface area contributed by atoms with Crippen molar-refractivity contribution in [1.82, 2.24) is 0 Å². The fourth-order valence-electron chi connectivity index (χ4n) is 0.671. The number of carbonyl (C=O) groups excluding carboxylic acids is 1. The smallest absolute Gasteiger partial charge is 0.335 e. The molecule has 0 aliphatic heterocycles. The minimum Gasteiger partial charge on any atom is -0.463 e. The molecule has 0 aromatic carbocycles. The van der Waals surface area contributed by atoms with E-state index in [4.69, 9.17) is 28.9 Å². The van der Waals surface area contributed by atoms with Crippen molar-refractivity contribution in [2.45, 2.75) is 6.92 Å². The summed E-state index contributed by atoms with van der Waals surface area (Å²) in [6, 6.07) is 0. The summed E-state index contributed by atoms with van der Waals surface area (Å²) in [4.78, 5) is 42.3. The zero-order valence-electron chi connectivity index (χ0n) is 10.3. The maximum atomic E-state index is 11.0. The molecule has 0 heterocycles. The van der Waals surface area contributed by atoms with Crippen molar-refractivity contribution in [3.63, 3.8) is 0 Å². The first kappa shape index (κ1) is 20.8. The van der Waals surface area contributed by atoms with Crippen LogP contribution in [-0.2, 0) is 23.4 Å². The third kappa shape index (κ3) is 20.0. The maximum Gasteiger partial charge on any atom is 0.335 e. The van der Waals surface area contributed by atoms with Crippen LogP contribution in [0.15, 0.2) is 12.2 Å². The zero-order chi connectivity index (χ0) is 15.5. The highest BCUT2D eigenvalue weighted by Gasteiger charge is 2.13. The van der Waals surface area contributed by atoms with Crippen LogP contribution in [0.3, 0.4) is 0 Å². The van der Waals surface area contributed by atoms with Crippen molar-refractivity contribution < 1.29 is 43.0 Å². The molecule has 0 amide bonds. The van der Waals surface area contributed by atoms with Gasteiger partial charge in [0.1, 0.15) is 0 Å². The van der Waals surface area contributed by atoms with E-state index >= 15 is 0 Å². The molecule has 9 nitrogen and oxygen atoms in total. The molecule has 0 radical (unpaired) electrons. The van der Waals surface area contributed by atoms with Gasteiger partial charge in [-0.25, -0.2) is 4.79 Å². The first-order valence-corrected chi connectivity index (χ1v) is 8.09. The van der Waals surface area contributed by atoms with Crippen molar-refractivity contribution in [2.24, 2.45) is 0 Å². The predicted molar refractivity (Wildman–Crippen MR) is 66.9 cm³/mol. The quantitative estimate of drug-likeness (QED) is 0.214. The molecule has 19 heavy (non-hydrogen) atoms. The van der Waals surface area contributed by atoms with Crippen LogP contribution in [0.2, 0.25) is 0 Å². The Morgan fingerprint density at radius 1 is 1.37 bits per heavy atom. The van der Waals surface area contributed by atoms with E-state index in [9.17, 15) is 9.36 Å². The molecule has 0 unspecified atom stereocenters. The van der Waals surface area contributed by atoms with Gasteiger partial charge in [-0.15, -0.1) is 0 Å². The Balaban J connectivity index is 0. The van der Waals surface area contributed by atoms with Gasteiger partial charge in [-0.2, -0.15) is 0 Å². The molecule has 0 aliphatic carbocycles. The lowest BCUT2D eigenvalue weighted by molar-refractivity contribution is -0.139. The first-order valence-electron chi connectivity index (χ1n) is 4.99. The fraction of sp³-hybridized carbons (Fsp3) is 0.625. The van der Waals surface area contributed by atoms with Crippen molar-refractivity contribution >= 4 is 21.8 Å². The molecule has 0 rings (SSSR count). The molecule has 0 aliphatic rings. The normalized spacial score (nSPS) is 10.6. The van der Waals surface area contributed by atoms with Crippen LogP contribution in [0.25, 0.3) is 0 Å². The average molecular weight is 320 g/mol. The highest BCUT2D eigenvalue weighted by molar-refractivity contribution is 7.51. The summed E-state index contributed by atoms with van der Waals surface area (Å²) in [6.45, 7) is 5.12. The highest BCUT2D eigenvalue weighted by atomic mass is 31.2. The molecule has 0 atom stereocenters. The van der Waals surface area contributed by atoms with E-state index in [1.807, 2.05) is 0 Å². The summed E-state index contributed by atoms with van der Waals surface area (Å²) in [5, 5.41) is 0. The number of rotatable bonds is 7. The van der Waals surface area contributed by atoms with E-state index in [1.54, 1.807) is 6.92 Å². The zero-order valence-corrected chi connectivity index (χ0v) is 12.2. The van der Waals surface area contributed by atoms with Gasteiger partial charge in [-0.1, -0.05) is 6.58 Å². The largest absolute Gasteiger partial charge is 0.463 e. The highest BCUT2D eigenvalue weighted by Crippen LogP contribution is 2.33. The molecular weight excluding hydrogens is 302 g/mol. The van der Waals surface area contributed by atoms with Gasteiger partial charge >= 0.3 is 21.8 Å². The first-order chi connectivity index (χ1) is 8.60. The number of ether oxygens (including phenoxy) is 2. The molecule has 0 bridgehead atoms. The van der Waals surface area contributed by atoms with Gasteiger partial charge in [0.05, 0.1) is 31.6 Å². The van der Waals surface area contributed by atoms with Crippen LogP contribution in [-0.4, -0.2) is 51.5 Å². The SMILES string of the molecule is C=C(COCCP(=O)(O)O)C(=O)OCC.O=[PH](O)O. The third-order valence-electron chi connectivity index (χ3n) is 1.37. The predicted octanol–water partition coefficient (Wildman–Crippen LogP) is -0.339. The molecule has 0 saturated carbocycles. The van der Waals surface area contributed by atoms with Crippen molar-refractivity contribution in [3.8, 4) is 0 Å². The topological polar surface area (TPSA) is 151 Å². The second-order valence-electron chi connectivity index (χ2n) is 3.05. The molecule has 4 N–H and O–H groups in total. The van der Waals surface area contributed by atoms with Crippen LogP contribution < -0.4 is 0 Å². The minimum absolute atomic E-state index is 0.0845. The van der Waals surface area contributed by atoms with Crippen molar-refractivity contribution in [1.29, 1.82) is 0 Å². The van der Waals surface area contributed by atoms with E-state index < -0.39 is 21.8 Å². The molecule has 0 spiro atoms. The Labute approximate surface area is 111 Å². The standard InChI is InChI=1S/C8H15O6P.H3O3P/c1-3-14-8(9)7(2)6-13-4-5-15(10,11)12;1-4(2)3/h2-6H2,1H3,(H2,10,11,12);4H,(H2,1,2,3). The molecule has 0 aromatic heterocycles. The van der Waals surface area contributed by atoms with Crippen LogP contribution in [0.1, 0.15) is 6.92 Å². The van der Waals surface area contributed by atoms with E-state index in [2.05, 4.69) is 11.3 Å². The van der Waals surface area contributed by atoms with Gasteiger partial charge in [0.25, 0.3) is 0 Å². The molecule has 0 saturated heterocycles. The number of hydrogen-bond acceptors (Lipinski definition) is 5. The minimum atomic E-state index is -4.03. The lowest BCUT2D eigenvalue weighted by Gasteiger charge is -2.07. The van der Waals surface area contributed by atoms with Crippen LogP contribution in [0, 0.1) is 0 Å². The Kier molecular flexibility index (Phi) is 12.4. The Hall–Kier alpha value is -0.530. The third-order valence-corrected chi connectivity index (χ3v) is 2.13. The summed E-state index contributed by atoms with van der Waals surface area (Å²) in [5.41, 5.74) is 0.127. The second-order valence-corrected chi connectivity index (χ2v) is 5.39. The fourth-order valence-corrected chi connectivity index (χ4v) is 1.04. The summed E-state index contributed by atoms with van der Waals surface area (Å²) in [7, 11) is -7.16. The van der Waals surface area contributed by atoms with Gasteiger partial charge < -0.3 is 29.0 Å². The lowest BCUT2D eigenvalue weighted by Crippen LogP contribution is -2.13. The molecular formula is C8H18O9P2. The molecule has 11 heteroatoms. The van der Waals surface area contributed by atoms with Gasteiger partial charge in [0.15, 0.2) is 0 Å². The Bertz CT molecular complexity index is 344. The van der Waals surface area contributed by atoms with E-state index in [0.29, 0.717) is 0 Å². The number of hydrogen-bond donors (Lipinski definition) is 4. The van der Waals surface area contributed by atoms with Crippen LogP contribution in [0.5, 0.6) is 0 Å². The van der Waals surface area contributed by atoms with E-state index in [1.165, 1.54) is 0 Å². The summed E-state index contributed by atoms with van der Waals surface area (Å²) < 4.78 is 28.6. The Morgan fingerprint density at radius 3 is 2.21 bits per heavy atom. The summed E-state index contributed by atoms with van der Waals surface area (Å²) >= 11 is 0. The van der Waals surface area contributed by atoms with Gasteiger partial charge in [-0.05, 0) is 6.92 Å². The van der Waals surface area contributed by atoms with Gasteiger partial charge in [0, 0.05) is 0 Å². The summed E-state index contributed by atoms with van der Waals surface area (Å²) in [5.74, 6) is -0.561. The van der Waals surface area contributed by atoms with Gasteiger partial charge in [0.2, 0.25) is 0 Å². The van der Waals surface area contributed by atoms with Crippen molar-refractivity contribution in [2.75, 3.05) is 26.0 Å². The van der Waals surface area contributed by atoms with Crippen molar-refractivity contribution in [3.05, 3.63) is 12.2 Å². The van der Waals surface area contributed by atoms with E-state index in [-0.39, 0.29) is 31.6 Å². The average Bonchev–Trinajstić information content (AvgIpc) is 2.22. The van der Waals surface area contributed by atoms with Crippen LogP contribution >= 0.6 is 15.9 Å². The Morgan fingerprint density at radius 2 is 1.84 bits per heavy atom. The molecule has 0 fully saturated rings.